The number of benzene rings is 1. The number of aromatic nitrogens is 2. The molecular weight excluding hydrogens is 322 g/mol. The van der Waals surface area contributed by atoms with Gasteiger partial charge in [-0.15, -0.1) is 21.5 Å². The van der Waals surface area contributed by atoms with E-state index in [1.54, 1.807) is 11.3 Å². The minimum Gasteiger partial charge on any atom is -0.418 e. The molecule has 124 valence electrons. The highest BCUT2D eigenvalue weighted by molar-refractivity contribution is 7.13. The van der Waals surface area contributed by atoms with Crippen LogP contribution in [0.4, 0.5) is 0 Å². The second-order valence-electron chi connectivity index (χ2n) is 5.86. The molecule has 2 unspecified atom stereocenters. The number of hydrogen-bond acceptors (Lipinski definition) is 6. The van der Waals surface area contributed by atoms with Gasteiger partial charge in [0.05, 0.1) is 23.6 Å². The van der Waals surface area contributed by atoms with Crippen molar-refractivity contribution in [3.05, 3.63) is 59.3 Å². The Morgan fingerprint density at radius 3 is 2.83 bits per heavy atom. The fourth-order valence-corrected chi connectivity index (χ4v) is 3.59. The van der Waals surface area contributed by atoms with Crippen LogP contribution in [-0.2, 0) is 4.74 Å². The molecule has 0 N–H and O–H groups in total. The standard InChI is InChI=1S/C18H19N3O2S/c1-13(17-19-20-18(23-17)16-8-5-11-24-16)21-9-10-22-15(12-21)14-6-3-2-4-7-14/h2-8,11,13,15H,9-10,12H2,1H3. The Labute approximate surface area is 144 Å². The van der Waals surface area contributed by atoms with Crippen molar-refractivity contribution in [3.63, 3.8) is 0 Å². The predicted molar refractivity (Wildman–Crippen MR) is 92.7 cm³/mol. The van der Waals surface area contributed by atoms with Crippen molar-refractivity contribution in [2.45, 2.75) is 19.1 Å². The largest absolute Gasteiger partial charge is 0.418 e. The first-order valence-corrected chi connectivity index (χ1v) is 8.97. The van der Waals surface area contributed by atoms with Gasteiger partial charge in [0, 0.05) is 13.1 Å². The highest BCUT2D eigenvalue weighted by Gasteiger charge is 2.28. The maximum absolute atomic E-state index is 5.94. The summed E-state index contributed by atoms with van der Waals surface area (Å²) in [5.74, 6) is 1.26. The molecule has 1 aromatic carbocycles. The number of nitrogens with zero attached hydrogens (tertiary/aromatic N) is 3. The van der Waals surface area contributed by atoms with Crippen LogP contribution in [0.2, 0.25) is 0 Å². The molecule has 0 radical (unpaired) electrons. The molecule has 1 aliphatic rings. The molecule has 6 heteroatoms. The van der Waals surface area contributed by atoms with Crippen molar-refractivity contribution in [3.8, 4) is 10.8 Å². The summed E-state index contributed by atoms with van der Waals surface area (Å²) in [6.45, 7) is 4.50. The molecule has 3 aromatic rings. The highest BCUT2D eigenvalue weighted by atomic mass is 32.1. The minimum absolute atomic E-state index is 0.0707. The first-order chi connectivity index (χ1) is 11.8. The zero-order valence-corrected chi connectivity index (χ0v) is 14.3. The second-order valence-corrected chi connectivity index (χ2v) is 6.81. The third kappa shape index (κ3) is 3.13. The van der Waals surface area contributed by atoms with Gasteiger partial charge in [0.25, 0.3) is 5.89 Å². The zero-order valence-electron chi connectivity index (χ0n) is 13.5. The van der Waals surface area contributed by atoms with Crippen LogP contribution in [0.5, 0.6) is 0 Å². The van der Waals surface area contributed by atoms with E-state index in [-0.39, 0.29) is 12.1 Å². The van der Waals surface area contributed by atoms with Crippen LogP contribution < -0.4 is 0 Å². The van der Waals surface area contributed by atoms with Crippen molar-refractivity contribution in [2.75, 3.05) is 19.7 Å². The molecule has 24 heavy (non-hydrogen) atoms. The number of rotatable bonds is 4. The fourth-order valence-electron chi connectivity index (χ4n) is 2.95. The smallest absolute Gasteiger partial charge is 0.257 e. The topological polar surface area (TPSA) is 51.4 Å². The van der Waals surface area contributed by atoms with E-state index < -0.39 is 0 Å². The van der Waals surface area contributed by atoms with E-state index in [0.717, 1.165) is 18.0 Å². The summed E-state index contributed by atoms with van der Waals surface area (Å²) in [6, 6.07) is 14.4. The Morgan fingerprint density at radius 2 is 2.04 bits per heavy atom. The van der Waals surface area contributed by atoms with Gasteiger partial charge in [-0.3, -0.25) is 4.90 Å². The summed E-state index contributed by atoms with van der Waals surface area (Å²) >= 11 is 1.60. The monoisotopic (exact) mass is 341 g/mol. The molecule has 1 fully saturated rings. The molecule has 3 heterocycles. The number of hydrogen-bond donors (Lipinski definition) is 0. The van der Waals surface area contributed by atoms with Crippen molar-refractivity contribution >= 4 is 11.3 Å². The summed E-state index contributed by atoms with van der Waals surface area (Å²) in [5.41, 5.74) is 1.21. The first-order valence-electron chi connectivity index (χ1n) is 8.09. The summed E-state index contributed by atoms with van der Waals surface area (Å²) in [5, 5.41) is 10.4. The lowest BCUT2D eigenvalue weighted by atomic mass is 10.1. The van der Waals surface area contributed by atoms with Gasteiger partial charge in [-0.25, -0.2) is 0 Å². The average Bonchev–Trinajstić information content (AvgIpc) is 3.33. The van der Waals surface area contributed by atoms with Crippen molar-refractivity contribution in [2.24, 2.45) is 0 Å². The Kier molecular flexibility index (Phi) is 4.42. The van der Waals surface area contributed by atoms with Gasteiger partial charge >= 0.3 is 0 Å². The lowest BCUT2D eigenvalue weighted by Gasteiger charge is -2.35. The maximum atomic E-state index is 5.94. The lowest BCUT2D eigenvalue weighted by molar-refractivity contribution is -0.0463. The van der Waals surface area contributed by atoms with E-state index in [1.165, 1.54) is 5.56 Å². The third-order valence-corrected chi connectivity index (χ3v) is 5.20. The molecule has 2 aromatic heterocycles. The number of morpholine rings is 1. The number of ether oxygens (including phenoxy) is 1. The lowest BCUT2D eigenvalue weighted by Crippen LogP contribution is -2.40. The van der Waals surface area contributed by atoms with Crippen LogP contribution in [0.3, 0.4) is 0 Å². The molecule has 1 saturated heterocycles. The van der Waals surface area contributed by atoms with Crippen LogP contribution in [-0.4, -0.2) is 34.8 Å². The molecule has 0 saturated carbocycles. The Morgan fingerprint density at radius 1 is 1.17 bits per heavy atom. The van der Waals surface area contributed by atoms with E-state index in [2.05, 4.69) is 34.2 Å². The van der Waals surface area contributed by atoms with E-state index in [0.29, 0.717) is 18.4 Å². The zero-order chi connectivity index (χ0) is 16.4. The third-order valence-electron chi connectivity index (χ3n) is 4.35. The summed E-state index contributed by atoms with van der Waals surface area (Å²) < 4.78 is 11.8. The van der Waals surface area contributed by atoms with Gasteiger partial charge < -0.3 is 9.15 Å². The van der Waals surface area contributed by atoms with Gasteiger partial charge in [0.1, 0.15) is 0 Å². The minimum atomic E-state index is 0.0707. The first kappa shape index (κ1) is 15.5. The summed E-state index contributed by atoms with van der Waals surface area (Å²) in [4.78, 5) is 3.34. The molecule has 0 aliphatic carbocycles. The molecule has 4 rings (SSSR count). The summed E-state index contributed by atoms with van der Waals surface area (Å²) in [6.07, 6.45) is 0.0853. The molecule has 5 nitrogen and oxygen atoms in total. The van der Waals surface area contributed by atoms with Gasteiger partial charge in [-0.2, -0.15) is 0 Å². The van der Waals surface area contributed by atoms with Crippen LogP contribution in [0, 0.1) is 0 Å². The van der Waals surface area contributed by atoms with E-state index in [4.69, 9.17) is 9.15 Å². The van der Waals surface area contributed by atoms with Gasteiger partial charge in [-0.1, -0.05) is 36.4 Å². The van der Waals surface area contributed by atoms with E-state index in [1.807, 2.05) is 35.7 Å². The molecule has 0 bridgehead atoms. The molecule has 1 aliphatic heterocycles. The van der Waals surface area contributed by atoms with Crippen molar-refractivity contribution in [1.82, 2.24) is 15.1 Å². The highest BCUT2D eigenvalue weighted by Crippen LogP contribution is 2.30. The Balaban J connectivity index is 1.49. The number of thiophene rings is 1. The van der Waals surface area contributed by atoms with Crippen molar-refractivity contribution in [1.29, 1.82) is 0 Å². The quantitative estimate of drug-likeness (QED) is 0.719. The molecule has 0 spiro atoms. The average molecular weight is 341 g/mol. The molecule has 0 amide bonds. The second kappa shape index (κ2) is 6.84. The van der Waals surface area contributed by atoms with Crippen LogP contribution in [0.25, 0.3) is 10.8 Å². The summed E-state index contributed by atoms with van der Waals surface area (Å²) in [7, 11) is 0. The Bertz CT molecular complexity index is 773. The SMILES string of the molecule is CC(c1nnc(-c2cccs2)o1)N1CCOC(c2ccccc2)C1. The normalized spacial score (nSPS) is 20.1. The van der Waals surface area contributed by atoms with Gasteiger partial charge in [-0.05, 0) is 23.9 Å². The van der Waals surface area contributed by atoms with Gasteiger partial charge in [0.2, 0.25) is 5.89 Å². The van der Waals surface area contributed by atoms with Crippen LogP contribution in [0.1, 0.15) is 30.5 Å². The van der Waals surface area contributed by atoms with Crippen molar-refractivity contribution < 1.29 is 9.15 Å². The van der Waals surface area contributed by atoms with Crippen LogP contribution >= 0.6 is 11.3 Å². The Hall–Kier alpha value is -2.02. The predicted octanol–water partition coefficient (Wildman–Crippen LogP) is 3.93. The fraction of sp³-hybridized carbons (Fsp3) is 0.333. The van der Waals surface area contributed by atoms with E-state index >= 15 is 0 Å². The van der Waals surface area contributed by atoms with E-state index in [9.17, 15) is 0 Å². The molecule has 2 atom stereocenters. The maximum Gasteiger partial charge on any atom is 0.257 e. The van der Waals surface area contributed by atoms with Crippen LogP contribution in [0.15, 0.2) is 52.3 Å². The van der Waals surface area contributed by atoms with Gasteiger partial charge in [0.15, 0.2) is 0 Å². The molecular formula is C18H19N3O2S.